The molecule has 1 aromatic rings. The number of nitrogens with zero attached hydrogens (tertiary/aromatic N) is 1. The highest BCUT2D eigenvalue weighted by Gasteiger charge is 2.16. The topological polar surface area (TPSA) is 61.8 Å². The number of aliphatic hydroxyl groups excluding tert-OH is 1. The van der Waals surface area contributed by atoms with Crippen LogP contribution in [-0.2, 0) is 4.74 Å². The summed E-state index contributed by atoms with van der Waals surface area (Å²) in [6.45, 7) is 8.10. The minimum atomic E-state index is -0.208. The molecule has 0 unspecified atom stereocenters. The summed E-state index contributed by atoms with van der Waals surface area (Å²) in [5.41, 5.74) is 4.42. The normalized spacial score (nSPS) is 10.6. The highest BCUT2D eigenvalue weighted by atomic mass is 16.5. The molecule has 0 spiro atoms. The van der Waals surface area contributed by atoms with Gasteiger partial charge in [0.2, 0.25) is 0 Å². The molecule has 23 heavy (non-hydrogen) atoms. The van der Waals surface area contributed by atoms with Gasteiger partial charge in [0.1, 0.15) is 7.85 Å². The number of carbonyl (C=O) groups excluding carboxylic acids is 1. The van der Waals surface area contributed by atoms with E-state index in [4.69, 9.17) is 9.84 Å². The van der Waals surface area contributed by atoms with E-state index in [9.17, 15) is 4.79 Å². The SMILES string of the molecule is Bc1c(C)cc(N(CCOCCCC)C(=O)NCCO)cc1C. The van der Waals surface area contributed by atoms with E-state index in [1.165, 1.54) is 5.46 Å². The molecule has 6 heteroatoms. The van der Waals surface area contributed by atoms with Gasteiger partial charge in [-0.1, -0.05) is 29.9 Å². The number of ether oxygens (including phenoxy) is 1. The van der Waals surface area contributed by atoms with E-state index in [0.717, 1.165) is 29.7 Å². The summed E-state index contributed by atoms with van der Waals surface area (Å²) in [7, 11) is 2.08. The maximum absolute atomic E-state index is 12.4. The van der Waals surface area contributed by atoms with Gasteiger partial charge in [-0.05, 0) is 32.4 Å². The van der Waals surface area contributed by atoms with Crippen molar-refractivity contribution < 1.29 is 14.6 Å². The monoisotopic (exact) mass is 320 g/mol. The number of hydrogen-bond donors (Lipinski definition) is 2. The van der Waals surface area contributed by atoms with Crippen molar-refractivity contribution in [3.63, 3.8) is 0 Å². The predicted molar refractivity (Wildman–Crippen MR) is 97.7 cm³/mol. The summed E-state index contributed by atoms with van der Waals surface area (Å²) in [5, 5.41) is 11.6. The predicted octanol–water partition coefficient (Wildman–Crippen LogP) is 0.887. The van der Waals surface area contributed by atoms with Gasteiger partial charge in [-0.15, -0.1) is 0 Å². The number of carbonyl (C=O) groups is 1. The Morgan fingerprint density at radius 3 is 2.52 bits per heavy atom. The molecule has 1 rings (SSSR count). The fourth-order valence-electron chi connectivity index (χ4n) is 2.28. The molecule has 128 valence electrons. The Bertz CT molecular complexity index is 486. The summed E-state index contributed by atoms with van der Waals surface area (Å²) in [6, 6.07) is 3.83. The molecular weight excluding hydrogens is 291 g/mol. The molecule has 0 aromatic heterocycles. The second kappa shape index (κ2) is 10.3. The van der Waals surface area contributed by atoms with Crippen LogP contribution in [0.5, 0.6) is 0 Å². The zero-order valence-electron chi connectivity index (χ0n) is 14.8. The lowest BCUT2D eigenvalue weighted by molar-refractivity contribution is 0.137. The minimum absolute atomic E-state index is 0.0709. The third-order valence-corrected chi connectivity index (χ3v) is 3.96. The summed E-state index contributed by atoms with van der Waals surface area (Å²) in [4.78, 5) is 14.1. The van der Waals surface area contributed by atoms with E-state index in [0.29, 0.717) is 19.8 Å². The van der Waals surface area contributed by atoms with Gasteiger partial charge in [-0.25, -0.2) is 4.79 Å². The molecule has 0 aliphatic heterocycles. The Balaban J connectivity index is 2.83. The van der Waals surface area contributed by atoms with Crippen LogP contribution in [-0.4, -0.2) is 51.9 Å². The number of hydrogen-bond acceptors (Lipinski definition) is 3. The van der Waals surface area contributed by atoms with Crippen LogP contribution in [0, 0.1) is 13.8 Å². The highest BCUT2D eigenvalue weighted by molar-refractivity contribution is 6.34. The molecule has 0 saturated heterocycles. The van der Waals surface area contributed by atoms with Crippen LogP contribution in [0.4, 0.5) is 10.5 Å². The molecular formula is C17H29BN2O3. The summed E-state index contributed by atoms with van der Waals surface area (Å²) in [5.74, 6) is 0. The maximum atomic E-state index is 12.4. The van der Waals surface area contributed by atoms with E-state index >= 15 is 0 Å². The van der Waals surface area contributed by atoms with Crippen LogP contribution in [0.25, 0.3) is 0 Å². The Labute approximate surface area is 140 Å². The summed E-state index contributed by atoms with van der Waals surface area (Å²) >= 11 is 0. The number of amides is 2. The zero-order valence-corrected chi connectivity index (χ0v) is 14.8. The average molecular weight is 320 g/mol. The largest absolute Gasteiger partial charge is 0.395 e. The van der Waals surface area contributed by atoms with Crippen LogP contribution in [0.15, 0.2) is 12.1 Å². The third-order valence-electron chi connectivity index (χ3n) is 3.96. The smallest absolute Gasteiger partial charge is 0.322 e. The molecule has 2 N–H and O–H groups in total. The first-order valence-corrected chi connectivity index (χ1v) is 8.33. The van der Waals surface area contributed by atoms with Crippen molar-refractivity contribution in [3.8, 4) is 0 Å². The van der Waals surface area contributed by atoms with Gasteiger partial charge in [-0.3, -0.25) is 4.90 Å². The Morgan fingerprint density at radius 1 is 1.30 bits per heavy atom. The second-order valence-corrected chi connectivity index (χ2v) is 5.78. The van der Waals surface area contributed by atoms with Gasteiger partial charge >= 0.3 is 6.03 Å². The standard InChI is InChI=1S/C17H29BN2O3/c1-4-5-9-23-10-7-20(17(22)19-6-8-21)15-11-13(2)16(18)14(3)12-15/h11-12,21H,4-10,18H2,1-3H3,(H,19,22). The van der Waals surface area contributed by atoms with Gasteiger partial charge in [0.25, 0.3) is 0 Å². The molecule has 5 nitrogen and oxygen atoms in total. The maximum Gasteiger partial charge on any atom is 0.322 e. The molecule has 2 amide bonds. The first-order chi connectivity index (χ1) is 11.0. The number of aryl methyl sites for hydroxylation is 2. The van der Waals surface area contributed by atoms with Crippen molar-refractivity contribution in [3.05, 3.63) is 23.3 Å². The fourth-order valence-corrected chi connectivity index (χ4v) is 2.28. The Morgan fingerprint density at radius 2 is 1.96 bits per heavy atom. The van der Waals surface area contributed by atoms with Gasteiger partial charge in [0.15, 0.2) is 0 Å². The summed E-state index contributed by atoms with van der Waals surface area (Å²) < 4.78 is 5.59. The zero-order chi connectivity index (χ0) is 17.2. The van der Waals surface area contributed by atoms with Crippen LogP contribution in [0.3, 0.4) is 0 Å². The van der Waals surface area contributed by atoms with Gasteiger partial charge in [-0.2, -0.15) is 0 Å². The fraction of sp³-hybridized carbons (Fsp3) is 0.588. The number of unbranched alkanes of at least 4 members (excludes halogenated alkanes) is 1. The van der Waals surface area contributed by atoms with Crippen LogP contribution in [0.1, 0.15) is 30.9 Å². The molecule has 0 heterocycles. The lowest BCUT2D eigenvalue weighted by atomic mass is 9.86. The summed E-state index contributed by atoms with van der Waals surface area (Å²) in [6.07, 6.45) is 2.12. The van der Waals surface area contributed by atoms with Gasteiger partial charge in [0, 0.05) is 18.8 Å². The number of nitrogens with one attached hydrogen (secondary N) is 1. The molecule has 0 bridgehead atoms. The van der Waals surface area contributed by atoms with Crippen LogP contribution >= 0.6 is 0 Å². The highest BCUT2D eigenvalue weighted by Crippen LogP contribution is 2.17. The third kappa shape index (κ3) is 6.24. The Hall–Kier alpha value is -1.53. The van der Waals surface area contributed by atoms with E-state index < -0.39 is 0 Å². The molecule has 0 fully saturated rings. The van der Waals surface area contributed by atoms with Gasteiger partial charge in [0.05, 0.1) is 19.8 Å². The number of rotatable bonds is 9. The minimum Gasteiger partial charge on any atom is -0.395 e. The quantitative estimate of drug-likeness (QED) is 0.525. The molecule has 1 aromatic carbocycles. The van der Waals surface area contributed by atoms with E-state index in [2.05, 4.69) is 20.1 Å². The number of urea groups is 1. The van der Waals surface area contributed by atoms with Crippen molar-refractivity contribution in [2.75, 3.05) is 37.8 Å². The van der Waals surface area contributed by atoms with Gasteiger partial charge < -0.3 is 15.2 Å². The molecule has 0 saturated carbocycles. The molecule has 0 aliphatic rings. The van der Waals surface area contributed by atoms with E-state index in [-0.39, 0.29) is 19.2 Å². The molecule has 0 radical (unpaired) electrons. The Kier molecular flexibility index (Phi) is 8.73. The second-order valence-electron chi connectivity index (χ2n) is 5.78. The molecule has 0 atom stereocenters. The van der Waals surface area contributed by atoms with E-state index in [1.54, 1.807) is 4.90 Å². The van der Waals surface area contributed by atoms with Crippen molar-refractivity contribution in [1.29, 1.82) is 0 Å². The number of benzene rings is 1. The van der Waals surface area contributed by atoms with Crippen molar-refractivity contribution in [2.45, 2.75) is 33.6 Å². The van der Waals surface area contributed by atoms with Crippen LogP contribution < -0.4 is 15.7 Å². The first-order valence-electron chi connectivity index (χ1n) is 8.33. The average Bonchev–Trinajstić information content (AvgIpc) is 2.53. The van der Waals surface area contributed by atoms with E-state index in [1.807, 2.05) is 26.0 Å². The lowest BCUT2D eigenvalue weighted by Crippen LogP contribution is -2.43. The lowest BCUT2D eigenvalue weighted by Gasteiger charge is -2.24. The van der Waals surface area contributed by atoms with Crippen molar-refractivity contribution in [2.24, 2.45) is 0 Å². The molecule has 0 aliphatic carbocycles. The number of anilines is 1. The van der Waals surface area contributed by atoms with Crippen LogP contribution in [0.2, 0.25) is 0 Å². The number of aliphatic hydroxyl groups is 1. The van der Waals surface area contributed by atoms with Crippen molar-refractivity contribution >= 4 is 25.0 Å². The first kappa shape index (κ1) is 19.5. The van der Waals surface area contributed by atoms with Crippen molar-refractivity contribution in [1.82, 2.24) is 5.32 Å².